The Morgan fingerprint density at radius 2 is 1.75 bits per heavy atom. The molecule has 146 valence electrons. The molecule has 1 saturated heterocycles. The molecule has 0 bridgehead atoms. The number of likely N-dealkylation sites (tertiary alicyclic amines) is 1. The van der Waals surface area contributed by atoms with E-state index in [0.29, 0.717) is 36.5 Å². The number of hydrogen-bond donors (Lipinski definition) is 1. The maximum atomic E-state index is 12.8. The predicted octanol–water partition coefficient (Wildman–Crippen LogP) is 3.35. The number of anilines is 1. The maximum absolute atomic E-state index is 12.8. The van der Waals surface area contributed by atoms with Gasteiger partial charge in [-0.1, -0.05) is 18.2 Å². The third-order valence-corrected chi connectivity index (χ3v) is 4.75. The zero-order valence-corrected chi connectivity index (χ0v) is 15.9. The van der Waals surface area contributed by atoms with E-state index in [1.807, 2.05) is 6.07 Å². The molecule has 0 saturated carbocycles. The summed E-state index contributed by atoms with van der Waals surface area (Å²) in [5, 5.41) is 2.81. The Morgan fingerprint density at radius 3 is 2.43 bits per heavy atom. The van der Waals surface area contributed by atoms with Gasteiger partial charge in [0.2, 0.25) is 0 Å². The number of carbonyl (C=O) groups is 3. The Balaban J connectivity index is 1.62. The normalized spacial score (nSPS) is 16.3. The summed E-state index contributed by atoms with van der Waals surface area (Å²) in [4.78, 5) is 38.6. The van der Waals surface area contributed by atoms with Crippen LogP contribution in [0.5, 0.6) is 0 Å². The van der Waals surface area contributed by atoms with Crippen LogP contribution >= 0.6 is 0 Å². The highest BCUT2D eigenvalue weighted by atomic mass is 16.5. The smallest absolute Gasteiger partial charge is 0.310 e. The fraction of sp³-hybridized carbons (Fsp3) is 0.318. The van der Waals surface area contributed by atoms with Crippen LogP contribution in [0.15, 0.2) is 54.6 Å². The van der Waals surface area contributed by atoms with Gasteiger partial charge in [0.15, 0.2) is 0 Å². The average Bonchev–Trinajstić information content (AvgIpc) is 2.74. The van der Waals surface area contributed by atoms with Gasteiger partial charge in [-0.2, -0.15) is 0 Å². The average molecular weight is 380 g/mol. The van der Waals surface area contributed by atoms with E-state index < -0.39 is 0 Å². The molecule has 3 rings (SSSR count). The zero-order chi connectivity index (χ0) is 19.9. The van der Waals surface area contributed by atoms with Gasteiger partial charge in [-0.15, -0.1) is 0 Å². The van der Waals surface area contributed by atoms with Gasteiger partial charge < -0.3 is 15.0 Å². The molecule has 1 atom stereocenters. The second kappa shape index (κ2) is 9.17. The van der Waals surface area contributed by atoms with Crippen LogP contribution in [0.2, 0.25) is 0 Å². The zero-order valence-electron chi connectivity index (χ0n) is 15.9. The molecule has 1 fully saturated rings. The maximum Gasteiger partial charge on any atom is 0.310 e. The fourth-order valence-electron chi connectivity index (χ4n) is 3.29. The number of nitrogens with one attached hydrogen (secondary N) is 1. The first-order chi connectivity index (χ1) is 13.6. The number of rotatable bonds is 5. The van der Waals surface area contributed by atoms with E-state index in [-0.39, 0.29) is 23.7 Å². The van der Waals surface area contributed by atoms with Gasteiger partial charge >= 0.3 is 5.97 Å². The third kappa shape index (κ3) is 4.76. The van der Waals surface area contributed by atoms with Crippen LogP contribution < -0.4 is 5.32 Å². The Kier molecular flexibility index (Phi) is 6.42. The third-order valence-electron chi connectivity index (χ3n) is 4.75. The van der Waals surface area contributed by atoms with Crippen molar-refractivity contribution in [2.45, 2.75) is 19.8 Å². The topological polar surface area (TPSA) is 75.7 Å². The quantitative estimate of drug-likeness (QED) is 0.807. The minimum Gasteiger partial charge on any atom is -0.466 e. The van der Waals surface area contributed by atoms with Gasteiger partial charge in [-0.25, -0.2) is 0 Å². The molecule has 2 aromatic rings. The van der Waals surface area contributed by atoms with Crippen LogP contribution in [0.3, 0.4) is 0 Å². The van der Waals surface area contributed by atoms with Crippen molar-refractivity contribution in [1.29, 1.82) is 0 Å². The Bertz CT molecular complexity index is 833. The van der Waals surface area contributed by atoms with Crippen LogP contribution in [0.1, 0.15) is 40.5 Å². The molecule has 1 aliphatic rings. The first kappa shape index (κ1) is 19.6. The number of hydrogen-bond acceptors (Lipinski definition) is 4. The van der Waals surface area contributed by atoms with Crippen LogP contribution in [0.25, 0.3) is 0 Å². The van der Waals surface area contributed by atoms with E-state index in [1.165, 1.54) is 0 Å². The number of piperidine rings is 1. The Hall–Kier alpha value is -3.15. The summed E-state index contributed by atoms with van der Waals surface area (Å²) in [6.07, 6.45) is 1.52. The summed E-state index contributed by atoms with van der Waals surface area (Å²) >= 11 is 0. The molecule has 1 N–H and O–H groups in total. The molecular formula is C22H24N2O4. The molecule has 1 heterocycles. The van der Waals surface area contributed by atoms with E-state index in [1.54, 1.807) is 60.4 Å². The highest BCUT2D eigenvalue weighted by molar-refractivity contribution is 6.04. The van der Waals surface area contributed by atoms with E-state index >= 15 is 0 Å². The van der Waals surface area contributed by atoms with E-state index in [9.17, 15) is 14.4 Å². The SMILES string of the molecule is CCOC(=O)C1CCCN(C(=O)c2ccc(NC(=O)c3ccccc3)cc2)C1. The lowest BCUT2D eigenvalue weighted by Crippen LogP contribution is -2.42. The monoisotopic (exact) mass is 380 g/mol. The molecule has 2 amide bonds. The largest absolute Gasteiger partial charge is 0.466 e. The summed E-state index contributed by atoms with van der Waals surface area (Å²) in [5.74, 6) is -0.816. The van der Waals surface area contributed by atoms with Gasteiger partial charge in [-0.3, -0.25) is 14.4 Å². The molecule has 2 aromatic carbocycles. The van der Waals surface area contributed by atoms with Crippen molar-refractivity contribution in [3.8, 4) is 0 Å². The number of carbonyl (C=O) groups excluding carboxylic acids is 3. The standard InChI is InChI=1S/C22H24N2O4/c1-2-28-22(27)18-9-6-14-24(15-18)21(26)17-10-12-19(13-11-17)23-20(25)16-7-4-3-5-8-16/h3-5,7-8,10-13,18H,2,6,9,14-15H2,1H3,(H,23,25). The summed E-state index contributed by atoms with van der Waals surface area (Å²) in [7, 11) is 0. The molecule has 28 heavy (non-hydrogen) atoms. The Morgan fingerprint density at radius 1 is 1.04 bits per heavy atom. The van der Waals surface area contributed by atoms with Crippen molar-refractivity contribution < 1.29 is 19.1 Å². The van der Waals surface area contributed by atoms with Crippen LogP contribution in [-0.4, -0.2) is 42.4 Å². The summed E-state index contributed by atoms with van der Waals surface area (Å²) < 4.78 is 5.09. The number of amides is 2. The predicted molar refractivity (Wildman–Crippen MR) is 106 cm³/mol. The molecule has 0 aliphatic carbocycles. The second-order valence-corrected chi connectivity index (χ2v) is 6.74. The lowest BCUT2D eigenvalue weighted by atomic mass is 9.97. The molecular weight excluding hydrogens is 356 g/mol. The van der Waals surface area contributed by atoms with Crippen molar-refractivity contribution in [3.05, 3.63) is 65.7 Å². The molecule has 0 aromatic heterocycles. The minimum absolute atomic E-state index is 0.116. The second-order valence-electron chi connectivity index (χ2n) is 6.74. The number of esters is 1. The van der Waals surface area contributed by atoms with Crippen molar-refractivity contribution in [1.82, 2.24) is 4.90 Å². The summed E-state index contributed by atoms with van der Waals surface area (Å²) in [6, 6.07) is 15.7. The molecule has 1 unspecified atom stereocenters. The lowest BCUT2D eigenvalue weighted by molar-refractivity contribution is -0.149. The van der Waals surface area contributed by atoms with E-state index in [2.05, 4.69) is 5.32 Å². The highest BCUT2D eigenvalue weighted by Crippen LogP contribution is 2.21. The van der Waals surface area contributed by atoms with Gasteiger partial charge in [0.25, 0.3) is 11.8 Å². The Labute approximate surface area is 164 Å². The number of benzene rings is 2. The first-order valence-corrected chi connectivity index (χ1v) is 9.51. The van der Waals surface area contributed by atoms with Gasteiger partial charge in [0, 0.05) is 29.9 Å². The number of nitrogens with zero attached hydrogens (tertiary/aromatic N) is 1. The van der Waals surface area contributed by atoms with Crippen molar-refractivity contribution in [3.63, 3.8) is 0 Å². The molecule has 0 radical (unpaired) electrons. The first-order valence-electron chi connectivity index (χ1n) is 9.51. The minimum atomic E-state index is -0.262. The highest BCUT2D eigenvalue weighted by Gasteiger charge is 2.29. The molecule has 0 spiro atoms. The van der Waals surface area contributed by atoms with E-state index in [4.69, 9.17) is 4.74 Å². The van der Waals surface area contributed by atoms with Crippen molar-refractivity contribution in [2.24, 2.45) is 5.92 Å². The van der Waals surface area contributed by atoms with Crippen LogP contribution in [0.4, 0.5) is 5.69 Å². The fourth-order valence-corrected chi connectivity index (χ4v) is 3.29. The summed E-state index contributed by atoms with van der Waals surface area (Å²) in [6.45, 7) is 3.13. The lowest BCUT2D eigenvalue weighted by Gasteiger charge is -2.31. The van der Waals surface area contributed by atoms with Gasteiger partial charge in [0.1, 0.15) is 0 Å². The van der Waals surface area contributed by atoms with Crippen LogP contribution in [0, 0.1) is 5.92 Å². The summed E-state index contributed by atoms with van der Waals surface area (Å²) in [5.41, 5.74) is 1.72. The van der Waals surface area contributed by atoms with E-state index in [0.717, 1.165) is 12.8 Å². The molecule has 6 heteroatoms. The van der Waals surface area contributed by atoms with Gasteiger partial charge in [-0.05, 0) is 56.2 Å². The number of ether oxygens (including phenoxy) is 1. The van der Waals surface area contributed by atoms with Crippen molar-refractivity contribution in [2.75, 3.05) is 25.0 Å². The molecule has 1 aliphatic heterocycles. The van der Waals surface area contributed by atoms with Gasteiger partial charge in [0.05, 0.1) is 12.5 Å². The van der Waals surface area contributed by atoms with Crippen LogP contribution in [-0.2, 0) is 9.53 Å². The molecule has 6 nitrogen and oxygen atoms in total. The van der Waals surface area contributed by atoms with Crippen molar-refractivity contribution >= 4 is 23.5 Å².